The fourth-order valence-electron chi connectivity index (χ4n) is 1.11. The second-order valence-corrected chi connectivity index (χ2v) is 3.34. The number of ether oxygens (including phenoxy) is 1. The Morgan fingerprint density at radius 3 is 2.79 bits per heavy atom. The zero-order valence-corrected chi connectivity index (χ0v) is 8.82. The molecule has 0 bridgehead atoms. The molecule has 0 aromatic heterocycles. The molecule has 0 aliphatic heterocycles. The summed E-state index contributed by atoms with van der Waals surface area (Å²) >= 11 is 0. The summed E-state index contributed by atoms with van der Waals surface area (Å²) in [5, 5.41) is 9.31. The van der Waals surface area contributed by atoms with Gasteiger partial charge in [-0.15, -0.1) is 0 Å². The van der Waals surface area contributed by atoms with E-state index in [1.54, 1.807) is 14.0 Å². The molecule has 0 aliphatic rings. The zero-order valence-electron chi connectivity index (χ0n) is 8.82. The highest BCUT2D eigenvalue weighted by molar-refractivity contribution is 5.55. The van der Waals surface area contributed by atoms with Crippen molar-refractivity contribution in [3.05, 3.63) is 35.4 Å². The predicted octanol–water partition coefficient (Wildman–Crippen LogP) is 2.48. The lowest BCUT2D eigenvalue weighted by Gasteiger charge is -2.05. The third kappa shape index (κ3) is 2.89. The Kier molecular flexibility index (Phi) is 3.72. The summed E-state index contributed by atoms with van der Waals surface area (Å²) in [5.41, 5.74) is 1.99. The smallest absolute Gasteiger partial charge is 0.119 e. The fourth-order valence-corrected chi connectivity index (χ4v) is 1.11. The molecule has 1 aromatic carbocycles. The van der Waals surface area contributed by atoms with Crippen LogP contribution in [-0.4, -0.2) is 18.3 Å². The molecule has 1 unspecified atom stereocenters. The number of benzene rings is 1. The number of aliphatic hydroxyl groups excluding tert-OH is 1. The Hall–Kier alpha value is -1.28. The first-order valence-corrected chi connectivity index (χ1v) is 4.64. The van der Waals surface area contributed by atoms with Crippen LogP contribution < -0.4 is 4.74 Å². The van der Waals surface area contributed by atoms with Crippen molar-refractivity contribution in [1.82, 2.24) is 0 Å². The van der Waals surface area contributed by atoms with Gasteiger partial charge in [0.15, 0.2) is 0 Å². The van der Waals surface area contributed by atoms with Crippen LogP contribution in [-0.2, 0) is 0 Å². The Balaban J connectivity index is 2.91. The summed E-state index contributed by atoms with van der Waals surface area (Å²) in [6.07, 6.45) is 1.55. The van der Waals surface area contributed by atoms with Crippen LogP contribution in [0.4, 0.5) is 0 Å². The van der Waals surface area contributed by atoms with E-state index in [9.17, 15) is 5.11 Å². The highest BCUT2D eigenvalue weighted by atomic mass is 16.5. The summed E-state index contributed by atoms with van der Waals surface area (Å²) in [5.74, 6) is 0.831. The highest BCUT2D eigenvalue weighted by Crippen LogP contribution is 2.16. The molecular weight excluding hydrogens is 176 g/mol. The van der Waals surface area contributed by atoms with Crippen molar-refractivity contribution in [1.29, 1.82) is 0 Å². The summed E-state index contributed by atoms with van der Waals surface area (Å²) in [6.45, 7) is 3.66. The Labute approximate surface area is 84.8 Å². The van der Waals surface area contributed by atoms with Crippen molar-refractivity contribution in [3.8, 4) is 5.75 Å². The van der Waals surface area contributed by atoms with Gasteiger partial charge in [0, 0.05) is 0 Å². The van der Waals surface area contributed by atoms with Gasteiger partial charge in [0.25, 0.3) is 0 Å². The molecule has 1 aromatic rings. The van der Waals surface area contributed by atoms with E-state index in [0.29, 0.717) is 0 Å². The molecule has 1 atom stereocenters. The van der Waals surface area contributed by atoms with Crippen molar-refractivity contribution in [2.24, 2.45) is 0 Å². The van der Waals surface area contributed by atoms with Gasteiger partial charge in [0.05, 0.1) is 13.2 Å². The van der Waals surface area contributed by atoms with Gasteiger partial charge in [-0.2, -0.15) is 0 Å². The van der Waals surface area contributed by atoms with Gasteiger partial charge in [-0.05, 0) is 37.1 Å². The highest BCUT2D eigenvalue weighted by Gasteiger charge is 1.98. The number of hydrogen-bond acceptors (Lipinski definition) is 2. The molecule has 2 heteroatoms. The quantitative estimate of drug-likeness (QED) is 0.797. The third-order valence-corrected chi connectivity index (χ3v) is 2.15. The van der Waals surface area contributed by atoms with E-state index in [2.05, 4.69) is 0 Å². The SMILES string of the molecule is COc1cccc(/C=C(/C)C(C)O)c1. The van der Waals surface area contributed by atoms with E-state index in [1.807, 2.05) is 37.3 Å². The number of rotatable bonds is 3. The van der Waals surface area contributed by atoms with Gasteiger partial charge < -0.3 is 9.84 Å². The average Bonchev–Trinajstić information content (AvgIpc) is 2.18. The minimum absolute atomic E-state index is 0.402. The van der Waals surface area contributed by atoms with Gasteiger partial charge in [0.1, 0.15) is 5.75 Å². The van der Waals surface area contributed by atoms with Gasteiger partial charge in [-0.25, -0.2) is 0 Å². The van der Waals surface area contributed by atoms with Gasteiger partial charge in [0.2, 0.25) is 0 Å². The van der Waals surface area contributed by atoms with Crippen LogP contribution in [0.3, 0.4) is 0 Å². The molecule has 0 aliphatic carbocycles. The summed E-state index contributed by atoms with van der Waals surface area (Å²) in [7, 11) is 1.64. The molecule has 1 rings (SSSR count). The Morgan fingerprint density at radius 1 is 1.50 bits per heavy atom. The Bertz CT molecular complexity index is 327. The van der Waals surface area contributed by atoms with Crippen molar-refractivity contribution in [3.63, 3.8) is 0 Å². The number of methoxy groups -OCH3 is 1. The molecule has 76 valence electrons. The summed E-state index contributed by atoms with van der Waals surface area (Å²) in [4.78, 5) is 0. The second kappa shape index (κ2) is 4.82. The van der Waals surface area contributed by atoms with Crippen LogP contribution in [0.5, 0.6) is 5.75 Å². The fraction of sp³-hybridized carbons (Fsp3) is 0.333. The molecule has 0 radical (unpaired) electrons. The first-order chi connectivity index (χ1) is 6.63. The van der Waals surface area contributed by atoms with E-state index < -0.39 is 6.10 Å². The van der Waals surface area contributed by atoms with E-state index in [1.165, 1.54) is 0 Å². The minimum atomic E-state index is -0.402. The Morgan fingerprint density at radius 2 is 2.21 bits per heavy atom. The maximum absolute atomic E-state index is 9.31. The zero-order chi connectivity index (χ0) is 10.6. The molecule has 0 amide bonds. The number of hydrogen-bond donors (Lipinski definition) is 1. The maximum Gasteiger partial charge on any atom is 0.119 e. The molecule has 1 N–H and O–H groups in total. The maximum atomic E-state index is 9.31. The molecule has 14 heavy (non-hydrogen) atoms. The van der Waals surface area contributed by atoms with Crippen LogP contribution in [0, 0.1) is 0 Å². The molecule has 0 saturated carbocycles. The average molecular weight is 192 g/mol. The normalized spacial score (nSPS) is 13.9. The lowest BCUT2D eigenvalue weighted by Crippen LogP contribution is -2.00. The van der Waals surface area contributed by atoms with Gasteiger partial charge >= 0.3 is 0 Å². The van der Waals surface area contributed by atoms with Crippen LogP contribution >= 0.6 is 0 Å². The molecule has 0 heterocycles. The molecule has 0 saturated heterocycles. The summed E-state index contributed by atoms with van der Waals surface area (Å²) in [6, 6.07) is 7.75. The first kappa shape index (κ1) is 10.8. The lowest BCUT2D eigenvalue weighted by atomic mass is 10.1. The van der Waals surface area contributed by atoms with E-state index in [4.69, 9.17) is 4.74 Å². The van der Waals surface area contributed by atoms with Crippen molar-refractivity contribution in [2.75, 3.05) is 7.11 Å². The van der Waals surface area contributed by atoms with Crippen molar-refractivity contribution in [2.45, 2.75) is 20.0 Å². The van der Waals surface area contributed by atoms with Gasteiger partial charge in [-0.3, -0.25) is 0 Å². The van der Waals surface area contributed by atoms with Crippen molar-refractivity contribution < 1.29 is 9.84 Å². The summed E-state index contributed by atoms with van der Waals surface area (Å²) < 4.78 is 5.11. The van der Waals surface area contributed by atoms with E-state index in [-0.39, 0.29) is 0 Å². The standard InChI is InChI=1S/C12H16O2/c1-9(10(2)13)7-11-5-4-6-12(8-11)14-3/h4-8,10,13H,1-3H3/b9-7-. The largest absolute Gasteiger partial charge is 0.497 e. The molecule has 0 fully saturated rings. The monoisotopic (exact) mass is 192 g/mol. The number of aliphatic hydroxyl groups is 1. The second-order valence-electron chi connectivity index (χ2n) is 3.34. The molecule has 2 nitrogen and oxygen atoms in total. The topological polar surface area (TPSA) is 29.5 Å². The predicted molar refractivity (Wildman–Crippen MR) is 58.3 cm³/mol. The van der Waals surface area contributed by atoms with Crippen LogP contribution in [0.15, 0.2) is 29.8 Å². The van der Waals surface area contributed by atoms with E-state index >= 15 is 0 Å². The van der Waals surface area contributed by atoms with Crippen LogP contribution in [0.2, 0.25) is 0 Å². The van der Waals surface area contributed by atoms with Crippen LogP contribution in [0.25, 0.3) is 6.08 Å². The third-order valence-electron chi connectivity index (χ3n) is 2.15. The molecular formula is C12H16O2. The van der Waals surface area contributed by atoms with Crippen molar-refractivity contribution >= 4 is 6.08 Å². The van der Waals surface area contributed by atoms with E-state index in [0.717, 1.165) is 16.9 Å². The van der Waals surface area contributed by atoms with Gasteiger partial charge in [-0.1, -0.05) is 18.2 Å². The molecule has 0 spiro atoms. The van der Waals surface area contributed by atoms with Crippen LogP contribution in [0.1, 0.15) is 19.4 Å². The lowest BCUT2D eigenvalue weighted by molar-refractivity contribution is 0.232. The first-order valence-electron chi connectivity index (χ1n) is 4.64. The minimum Gasteiger partial charge on any atom is -0.497 e.